The first-order valence-electron chi connectivity index (χ1n) is 7.01. The smallest absolute Gasteiger partial charge is 0.279 e. The zero-order valence-corrected chi connectivity index (χ0v) is 16.0. The van der Waals surface area contributed by atoms with Gasteiger partial charge in [0.2, 0.25) is 0 Å². The predicted octanol–water partition coefficient (Wildman–Crippen LogP) is 3.63. The fourth-order valence-corrected chi connectivity index (χ4v) is 4.21. The van der Waals surface area contributed by atoms with Crippen molar-refractivity contribution < 1.29 is 17.9 Å². The predicted molar refractivity (Wildman–Crippen MR) is 98.7 cm³/mol. The first kappa shape index (κ1) is 19.4. The maximum Gasteiger partial charge on any atom is 0.279 e. The van der Waals surface area contributed by atoms with Crippen LogP contribution in [0, 0.1) is 6.92 Å². The Balaban J connectivity index is 2.24. The molecule has 2 aromatic rings. The van der Waals surface area contributed by atoms with Crippen LogP contribution in [0.15, 0.2) is 40.3 Å². The Morgan fingerprint density at radius 1 is 1.04 bits per heavy atom. The van der Waals surface area contributed by atoms with Crippen molar-refractivity contribution in [3.8, 4) is 11.5 Å². The lowest BCUT2D eigenvalue weighted by Gasteiger charge is -2.09. The van der Waals surface area contributed by atoms with Gasteiger partial charge in [0.1, 0.15) is 4.90 Å². The molecule has 0 aromatic heterocycles. The zero-order chi connectivity index (χ0) is 18.6. The lowest BCUT2D eigenvalue weighted by Crippen LogP contribution is -2.19. The van der Waals surface area contributed by atoms with Gasteiger partial charge in [0, 0.05) is 0 Å². The monoisotopic (exact) mass is 402 g/mol. The van der Waals surface area contributed by atoms with Gasteiger partial charge in [-0.2, -0.15) is 18.4 Å². The molecular formula is C16H16Cl2N2O4S. The molecular weight excluding hydrogens is 387 g/mol. The molecule has 25 heavy (non-hydrogen) atoms. The number of hydrogen-bond donors (Lipinski definition) is 1. The largest absolute Gasteiger partial charge is 0.493 e. The van der Waals surface area contributed by atoms with Crippen molar-refractivity contribution in [2.75, 3.05) is 14.2 Å². The van der Waals surface area contributed by atoms with Gasteiger partial charge < -0.3 is 9.47 Å². The molecule has 0 unspecified atom stereocenters. The van der Waals surface area contributed by atoms with Crippen LogP contribution in [0.5, 0.6) is 11.5 Å². The molecule has 0 saturated carbocycles. The summed E-state index contributed by atoms with van der Waals surface area (Å²) in [6.45, 7) is 1.76. The fourth-order valence-electron chi connectivity index (χ4n) is 2.09. The second-order valence-corrected chi connectivity index (χ2v) is 7.44. The maximum atomic E-state index is 12.4. The van der Waals surface area contributed by atoms with E-state index in [-0.39, 0.29) is 14.9 Å². The first-order valence-corrected chi connectivity index (χ1v) is 9.25. The number of hydrazone groups is 1. The highest BCUT2D eigenvalue weighted by atomic mass is 35.5. The third kappa shape index (κ3) is 4.56. The number of benzene rings is 2. The quantitative estimate of drug-likeness (QED) is 0.590. The number of halogens is 2. The van der Waals surface area contributed by atoms with Crippen LogP contribution in [-0.4, -0.2) is 28.9 Å². The van der Waals surface area contributed by atoms with Crippen molar-refractivity contribution in [2.24, 2.45) is 5.10 Å². The van der Waals surface area contributed by atoms with E-state index in [0.717, 1.165) is 5.56 Å². The summed E-state index contributed by atoms with van der Waals surface area (Å²) < 4.78 is 35.0. The maximum absolute atomic E-state index is 12.4. The van der Waals surface area contributed by atoms with Crippen molar-refractivity contribution in [1.82, 2.24) is 4.83 Å². The molecule has 1 N–H and O–H groups in total. The molecule has 2 aromatic carbocycles. The molecule has 0 bridgehead atoms. The lowest BCUT2D eigenvalue weighted by atomic mass is 10.2. The molecule has 0 aliphatic rings. The van der Waals surface area contributed by atoms with E-state index < -0.39 is 10.0 Å². The highest BCUT2D eigenvalue weighted by molar-refractivity contribution is 7.89. The summed E-state index contributed by atoms with van der Waals surface area (Å²) in [4.78, 5) is 1.87. The van der Waals surface area contributed by atoms with Crippen LogP contribution in [0.4, 0.5) is 0 Å². The van der Waals surface area contributed by atoms with Crippen LogP contribution in [0.1, 0.15) is 11.1 Å². The third-order valence-electron chi connectivity index (χ3n) is 3.21. The highest BCUT2D eigenvalue weighted by Gasteiger charge is 2.21. The Labute approximate surface area is 156 Å². The van der Waals surface area contributed by atoms with Gasteiger partial charge in [-0.15, -0.1) is 0 Å². The van der Waals surface area contributed by atoms with Gasteiger partial charge in [-0.25, -0.2) is 0 Å². The lowest BCUT2D eigenvalue weighted by molar-refractivity contribution is 0.355. The van der Waals surface area contributed by atoms with E-state index in [4.69, 9.17) is 32.7 Å². The van der Waals surface area contributed by atoms with Gasteiger partial charge in [-0.05, 0) is 48.4 Å². The molecule has 0 atom stereocenters. The molecule has 0 heterocycles. The van der Waals surface area contributed by atoms with E-state index in [2.05, 4.69) is 9.93 Å². The van der Waals surface area contributed by atoms with Crippen LogP contribution in [-0.2, 0) is 10.0 Å². The molecule has 0 radical (unpaired) electrons. The molecule has 9 heteroatoms. The molecule has 0 aliphatic carbocycles. The van der Waals surface area contributed by atoms with Crippen LogP contribution in [0.25, 0.3) is 0 Å². The SMILES string of the molecule is COc1ccc(C=NNS(=O)(=O)c2c(Cl)cc(C)cc2Cl)cc1OC. The standard InChI is InChI=1S/C16H16Cl2N2O4S/c1-10-6-12(17)16(13(18)7-10)25(21,22)20-19-9-11-4-5-14(23-2)15(8-11)24-3/h4-9,20H,1-3H3. The molecule has 0 saturated heterocycles. The van der Waals surface area contributed by atoms with Crippen molar-refractivity contribution >= 4 is 39.4 Å². The summed E-state index contributed by atoms with van der Waals surface area (Å²) in [7, 11) is -0.979. The summed E-state index contributed by atoms with van der Waals surface area (Å²) >= 11 is 12.0. The normalized spacial score (nSPS) is 11.6. The Morgan fingerprint density at radius 2 is 1.64 bits per heavy atom. The van der Waals surface area contributed by atoms with E-state index >= 15 is 0 Å². The van der Waals surface area contributed by atoms with Gasteiger partial charge in [0.25, 0.3) is 10.0 Å². The minimum atomic E-state index is -4.00. The van der Waals surface area contributed by atoms with Crippen molar-refractivity contribution in [3.63, 3.8) is 0 Å². The van der Waals surface area contributed by atoms with Crippen molar-refractivity contribution in [2.45, 2.75) is 11.8 Å². The second-order valence-electron chi connectivity index (χ2n) is 5.03. The summed E-state index contributed by atoms with van der Waals surface area (Å²) in [5, 5.41) is 3.80. The zero-order valence-electron chi connectivity index (χ0n) is 13.7. The Kier molecular flexibility index (Phi) is 6.16. The van der Waals surface area contributed by atoms with Gasteiger partial charge in [-0.1, -0.05) is 23.2 Å². The Hall–Kier alpha value is -1.96. The summed E-state index contributed by atoms with van der Waals surface area (Å²) in [5.74, 6) is 1.05. The van der Waals surface area contributed by atoms with Crippen molar-refractivity contribution in [3.05, 3.63) is 51.5 Å². The number of methoxy groups -OCH3 is 2. The molecule has 0 fully saturated rings. The van der Waals surface area contributed by atoms with Crippen molar-refractivity contribution in [1.29, 1.82) is 0 Å². The number of nitrogens with zero attached hydrogens (tertiary/aromatic N) is 1. The van der Waals surface area contributed by atoms with Crippen LogP contribution in [0.2, 0.25) is 10.0 Å². The van der Waals surface area contributed by atoms with Crippen LogP contribution < -0.4 is 14.3 Å². The number of aryl methyl sites for hydroxylation is 1. The Bertz CT molecular complexity index is 891. The first-order chi connectivity index (χ1) is 11.8. The highest BCUT2D eigenvalue weighted by Crippen LogP contribution is 2.30. The van der Waals surface area contributed by atoms with Gasteiger partial charge in [-0.3, -0.25) is 0 Å². The van der Waals surface area contributed by atoms with Gasteiger partial charge in [0.15, 0.2) is 11.5 Å². The van der Waals surface area contributed by atoms with E-state index in [1.165, 1.54) is 32.6 Å². The van der Waals surface area contributed by atoms with E-state index in [1.807, 2.05) is 0 Å². The minimum absolute atomic E-state index is 0.0267. The fraction of sp³-hybridized carbons (Fsp3) is 0.188. The molecule has 0 aliphatic heterocycles. The topological polar surface area (TPSA) is 77.0 Å². The number of hydrogen-bond acceptors (Lipinski definition) is 5. The number of sulfonamides is 1. The molecule has 0 spiro atoms. The van der Waals surface area contributed by atoms with E-state index in [9.17, 15) is 8.42 Å². The summed E-state index contributed by atoms with van der Waals surface area (Å²) in [6, 6.07) is 8.07. The third-order valence-corrected chi connectivity index (χ3v) is 5.35. The average Bonchev–Trinajstić information content (AvgIpc) is 2.53. The minimum Gasteiger partial charge on any atom is -0.493 e. The Morgan fingerprint density at radius 3 is 2.20 bits per heavy atom. The number of nitrogens with one attached hydrogen (secondary N) is 1. The number of ether oxygens (including phenoxy) is 2. The summed E-state index contributed by atoms with van der Waals surface area (Å²) in [5.41, 5.74) is 1.37. The van der Waals surface area contributed by atoms with Crippen LogP contribution in [0.3, 0.4) is 0 Å². The molecule has 0 amide bonds. The van der Waals surface area contributed by atoms with Gasteiger partial charge >= 0.3 is 0 Å². The van der Waals surface area contributed by atoms with E-state index in [0.29, 0.717) is 17.1 Å². The van der Waals surface area contributed by atoms with E-state index in [1.54, 1.807) is 25.1 Å². The summed E-state index contributed by atoms with van der Waals surface area (Å²) in [6.07, 6.45) is 1.33. The molecule has 134 valence electrons. The van der Waals surface area contributed by atoms with Crippen LogP contribution >= 0.6 is 23.2 Å². The number of rotatable bonds is 6. The molecule has 2 rings (SSSR count). The van der Waals surface area contributed by atoms with Gasteiger partial charge in [0.05, 0.1) is 30.5 Å². The second kappa shape index (κ2) is 7.95. The molecule has 6 nitrogen and oxygen atoms in total. The average molecular weight is 403 g/mol.